The summed E-state index contributed by atoms with van der Waals surface area (Å²) in [6.07, 6.45) is 2.67. The van der Waals surface area contributed by atoms with E-state index in [4.69, 9.17) is 4.98 Å². The Labute approximate surface area is 117 Å². The number of aryl methyl sites for hydroxylation is 1. The summed E-state index contributed by atoms with van der Waals surface area (Å²) < 4.78 is 2.30. The van der Waals surface area contributed by atoms with Crippen LogP contribution in [0.15, 0.2) is 30.6 Å². The summed E-state index contributed by atoms with van der Waals surface area (Å²) >= 11 is 0. The van der Waals surface area contributed by atoms with Crippen molar-refractivity contribution >= 4 is 11.0 Å². The molecule has 5 heteroatoms. The molecular weight excluding hydrogens is 250 g/mol. The Hall–Kier alpha value is -2.14. The topological polar surface area (TPSA) is 58.5 Å². The van der Waals surface area contributed by atoms with E-state index >= 15 is 0 Å². The van der Waals surface area contributed by atoms with Crippen LogP contribution in [0.25, 0.3) is 11.0 Å². The lowest BCUT2D eigenvalue weighted by molar-refractivity contribution is 0.452. The zero-order chi connectivity index (χ0) is 13.5. The lowest BCUT2D eigenvalue weighted by atomic mass is 10.0. The molecule has 1 aliphatic heterocycles. The summed E-state index contributed by atoms with van der Waals surface area (Å²) in [5.74, 6) is 1.11. The molecule has 0 aliphatic carbocycles. The molecule has 1 aromatic carbocycles. The van der Waals surface area contributed by atoms with Gasteiger partial charge in [-0.1, -0.05) is 12.1 Å². The second-order valence-corrected chi connectivity index (χ2v) is 5.17. The molecule has 0 saturated heterocycles. The minimum atomic E-state index is 0.234. The first-order valence-electron chi connectivity index (χ1n) is 7.06. The molecule has 1 aliphatic rings. The number of hydrogen-bond acceptors (Lipinski definition) is 3. The highest BCUT2D eigenvalue weighted by Crippen LogP contribution is 2.26. The summed E-state index contributed by atoms with van der Waals surface area (Å²) in [5, 5.41) is 3.56. The Bertz CT molecular complexity index is 755. The Morgan fingerprint density at radius 2 is 2.25 bits per heavy atom. The van der Waals surface area contributed by atoms with Gasteiger partial charge in [-0.2, -0.15) is 0 Å². The first-order valence-corrected chi connectivity index (χ1v) is 7.06. The van der Waals surface area contributed by atoms with Gasteiger partial charge >= 0.3 is 0 Å². The largest absolute Gasteiger partial charge is 0.347 e. The molecule has 3 aromatic rings. The first-order chi connectivity index (χ1) is 9.86. The van der Waals surface area contributed by atoms with Gasteiger partial charge in [0.1, 0.15) is 5.82 Å². The van der Waals surface area contributed by atoms with Crippen LogP contribution in [0.2, 0.25) is 0 Å². The van der Waals surface area contributed by atoms with E-state index in [1.807, 2.05) is 6.07 Å². The third-order valence-corrected chi connectivity index (χ3v) is 4.04. The molecule has 102 valence electrons. The zero-order valence-electron chi connectivity index (χ0n) is 11.4. The number of nitrogens with zero attached hydrogens (tertiary/aromatic N) is 3. The van der Waals surface area contributed by atoms with Crippen LogP contribution < -0.4 is 5.32 Å². The van der Waals surface area contributed by atoms with Gasteiger partial charge in [0.2, 0.25) is 0 Å². The number of H-pyrrole nitrogens is 1. The number of rotatable bonds is 2. The van der Waals surface area contributed by atoms with Gasteiger partial charge < -0.3 is 14.9 Å². The van der Waals surface area contributed by atoms with Crippen LogP contribution >= 0.6 is 0 Å². The maximum atomic E-state index is 4.83. The van der Waals surface area contributed by atoms with Gasteiger partial charge in [0.15, 0.2) is 0 Å². The third kappa shape index (κ3) is 1.67. The van der Waals surface area contributed by atoms with Crippen molar-refractivity contribution in [2.24, 2.45) is 0 Å². The minimum Gasteiger partial charge on any atom is -0.347 e. The summed E-state index contributed by atoms with van der Waals surface area (Å²) in [7, 11) is 0. The normalized spacial score (nSPS) is 18.4. The number of hydrogen-bond donors (Lipinski definition) is 2. The van der Waals surface area contributed by atoms with Crippen molar-refractivity contribution in [1.82, 2.24) is 24.8 Å². The Morgan fingerprint density at radius 3 is 3.15 bits per heavy atom. The number of benzene rings is 1. The van der Waals surface area contributed by atoms with Gasteiger partial charge in [-0.25, -0.2) is 9.97 Å². The first kappa shape index (κ1) is 11.7. The minimum absolute atomic E-state index is 0.234. The van der Waals surface area contributed by atoms with Gasteiger partial charge in [0.25, 0.3) is 0 Å². The monoisotopic (exact) mass is 267 g/mol. The fourth-order valence-electron chi connectivity index (χ4n) is 3.04. The highest BCUT2D eigenvalue weighted by Gasteiger charge is 2.25. The molecule has 0 fully saturated rings. The maximum Gasteiger partial charge on any atom is 0.127 e. The summed E-state index contributed by atoms with van der Waals surface area (Å²) in [4.78, 5) is 12.4. The van der Waals surface area contributed by atoms with Gasteiger partial charge in [-0.15, -0.1) is 0 Å². The van der Waals surface area contributed by atoms with Crippen LogP contribution in [0.4, 0.5) is 0 Å². The van der Waals surface area contributed by atoms with Gasteiger partial charge in [-0.05, 0) is 19.1 Å². The van der Waals surface area contributed by atoms with Crippen molar-refractivity contribution < 1.29 is 0 Å². The number of fused-ring (bicyclic) bond motifs is 2. The molecule has 0 spiro atoms. The molecule has 2 N–H and O–H groups in total. The van der Waals surface area contributed by atoms with Crippen LogP contribution in [0.1, 0.15) is 30.2 Å². The summed E-state index contributed by atoms with van der Waals surface area (Å²) in [6.45, 7) is 3.93. The lowest BCUT2D eigenvalue weighted by Crippen LogP contribution is -2.30. The van der Waals surface area contributed by atoms with E-state index in [2.05, 4.69) is 45.0 Å². The number of imidazole rings is 2. The van der Waals surface area contributed by atoms with E-state index in [0.29, 0.717) is 0 Å². The van der Waals surface area contributed by atoms with Crippen LogP contribution in [0.5, 0.6) is 0 Å². The van der Waals surface area contributed by atoms with E-state index in [1.54, 1.807) is 6.33 Å². The van der Waals surface area contributed by atoms with Crippen LogP contribution in [0.3, 0.4) is 0 Å². The van der Waals surface area contributed by atoms with Crippen molar-refractivity contribution in [2.45, 2.75) is 32.5 Å². The molecule has 0 saturated carbocycles. The second-order valence-electron chi connectivity index (χ2n) is 5.17. The Balaban J connectivity index is 1.79. The van der Waals surface area contributed by atoms with E-state index in [9.17, 15) is 0 Å². The fraction of sp³-hybridized carbons (Fsp3) is 0.333. The zero-order valence-corrected chi connectivity index (χ0v) is 11.4. The number of aromatic nitrogens is 4. The van der Waals surface area contributed by atoms with Crippen molar-refractivity contribution in [3.05, 3.63) is 47.8 Å². The van der Waals surface area contributed by atoms with Crippen molar-refractivity contribution in [2.75, 3.05) is 0 Å². The van der Waals surface area contributed by atoms with Crippen LogP contribution in [-0.4, -0.2) is 19.5 Å². The number of nitrogens with one attached hydrogen (secondary N) is 2. The molecule has 3 heterocycles. The molecule has 1 unspecified atom stereocenters. The SMILES string of the molecule is CCn1c(C2Cc3nc[nH]c3CN2)nc2ccccc21. The van der Waals surface area contributed by atoms with E-state index in [-0.39, 0.29) is 6.04 Å². The Kier molecular flexibility index (Phi) is 2.60. The smallest absolute Gasteiger partial charge is 0.127 e. The molecule has 5 nitrogen and oxygen atoms in total. The van der Waals surface area contributed by atoms with Crippen LogP contribution in [0, 0.1) is 0 Å². The summed E-state index contributed by atoms with van der Waals surface area (Å²) in [5.41, 5.74) is 4.63. The predicted octanol–water partition coefficient (Wildman–Crippen LogP) is 2.17. The predicted molar refractivity (Wildman–Crippen MR) is 77.3 cm³/mol. The third-order valence-electron chi connectivity index (χ3n) is 4.04. The number of aromatic amines is 1. The van der Waals surface area contributed by atoms with Gasteiger partial charge in [0, 0.05) is 19.5 Å². The van der Waals surface area contributed by atoms with E-state index in [1.165, 1.54) is 11.2 Å². The summed E-state index contributed by atoms with van der Waals surface area (Å²) in [6, 6.07) is 8.56. The highest BCUT2D eigenvalue weighted by atomic mass is 15.1. The molecule has 0 radical (unpaired) electrons. The molecule has 1 atom stereocenters. The average Bonchev–Trinajstić information content (AvgIpc) is 3.10. The Morgan fingerprint density at radius 1 is 1.35 bits per heavy atom. The van der Waals surface area contributed by atoms with Gasteiger partial charge in [-0.3, -0.25) is 0 Å². The lowest BCUT2D eigenvalue weighted by Gasteiger charge is -2.23. The van der Waals surface area contributed by atoms with Crippen molar-refractivity contribution in [1.29, 1.82) is 0 Å². The second kappa shape index (κ2) is 4.45. The van der Waals surface area contributed by atoms with Crippen molar-refractivity contribution in [3.8, 4) is 0 Å². The molecule has 4 rings (SSSR count). The van der Waals surface area contributed by atoms with E-state index in [0.717, 1.165) is 36.5 Å². The maximum absolute atomic E-state index is 4.83. The van der Waals surface area contributed by atoms with Crippen molar-refractivity contribution in [3.63, 3.8) is 0 Å². The average molecular weight is 267 g/mol. The molecule has 0 amide bonds. The molecule has 0 bridgehead atoms. The highest BCUT2D eigenvalue weighted by molar-refractivity contribution is 5.76. The standard InChI is InChI=1S/C15H17N5/c1-2-20-14-6-4-3-5-10(14)19-15(20)12-7-11-13(8-16-12)18-9-17-11/h3-6,9,12,16H,2,7-8H2,1H3,(H,17,18). The molecular formula is C15H17N5. The molecule has 20 heavy (non-hydrogen) atoms. The van der Waals surface area contributed by atoms with Gasteiger partial charge in [0.05, 0.1) is 34.8 Å². The van der Waals surface area contributed by atoms with E-state index < -0.39 is 0 Å². The fourth-order valence-corrected chi connectivity index (χ4v) is 3.04. The number of para-hydroxylation sites is 2. The quantitative estimate of drug-likeness (QED) is 0.748. The van der Waals surface area contributed by atoms with Crippen LogP contribution in [-0.2, 0) is 19.5 Å². The molecule has 2 aromatic heterocycles.